The van der Waals surface area contributed by atoms with Crippen LogP contribution in [0.3, 0.4) is 0 Å². The molecule has 13 nitrogen and oxygen atoms in total. The summed E-state index contributed by atoms with van der Waals surface area (Å²) in [6.45, 7) is 7.38. The van der Waals surface area contributed by atoms with Gasteiger partial charge in [0.2, 0.25) is 0 Å². The van der Waals surface area contributed by atoms with E-state index in [1.54, 1.807) is 20.8 Å². The van der Waals surface area contributed by atoms with E-state index in [0.29, 0.717) is 50.7 Å². The number of aryl methyl sites for hydroxylation is 2. The predicted octanol–water partition coefficient (Wildman–Crippen LogP) is 5.06. The Kier molecular flexibility index (Phi) is 10.5. The first-order chi connectivity index (χ1) is 24.5. The van der Waals surface area contributed by atoms with Crippen LogP contribution in [-0.4, -0.2) is 90.5 Å². The van der Waals surface area contributed by atoms with Gasteiger partial charge in [0.15, 0.2) is 0 Å². The number of rotatable bonds is 10. The molecule has 3 aromatic heterocycles. The van der Waals surface area contributed by atoms with Gasteiger partial charge in [-0.3, -0.25) is 0 Å². The van der Waals surface area contributed by atoms with Crippen molar-refractivity contribution in [2.45, 2.75) is 73.6 Å². The number of carbonyl (C=O) groups is 1. The number of ether oxygens (including phenoxy) is 3. The number of benzene rings is 1. The molecule has 0 unspecified atom stereocenters. The van der Waals surface area contributed by atoms with Crippen LogP contribution >= 0.6 is 19.8 Å². The molecule has 6 rings (SSSR count). The number of sulfonamides is 1. The van der Waals surface area contributed by atoms with Gasteiger partial charge in [0.05, 0.1) is 0 Å². The molecule has 2 aliphatic heterocycles. The van der Waals surface area contributed by atoms with Crippen molar-refractivity contribution < 1.29 is 50.8 Å². The van der Waals surface area contributed by atoms with Crippen LogP contribution in [0.5, 0.6) is 11.8 Å². The molecule has 0 aliphatic carbocycles. The average molecular weight is 862 g/mol. The standard InChI is InChI=1S/C34H39F3IN5O8S/c1-21-6-7-24(38(32(3,4)31(45)46)25-10-13-43-28(22(25)2)40-41-30(43)34(35,36)37)18-23(21)19-42-20-33(11-16-49-17-12-33)51-29-26(52(42,47)48)8-9-27(39-29)50-15-5-14-44/h6-10,13,18,44H,5,11-12,14-17,19-20H2,1-4H3,(H,45,46). The fourth-order valence-corrected chi connectivity index (χ4v) is 14.7. The number of carboxylic acids is 1. The molecule has 52 heavy (non-hydrogen) atoms. The van der Waals surface area contributed by atoms with Gasteiger partial charge in [-0.2, -0.15) is 0 Å². The first-order valence-corrected chi connectivity index (χ1v) is 21.1. The van der Waals surface area contributed by atoms with Crippen LogP contribution in [0.2, 0.25) is 0 Å². The topological polar surface area (TPSA) is 166 Å². The van der Waals surface area contributed by atoms with E-state index in [9.17, 15) is 31.5 Å². The number of fused-ring (bicyclic) bond motifs is 2. The minimum absolute atomic E-state index is 0.00738. The van der Waals surface area contributed by atoms with Crippen molar-refractivity contribution in [1.29, 1.82) is 0 Å². The molecule has 0 radical (unpaired) electrons. The summed E-state index contributed by atoms with van der Waals surface area (Å²) >= 11 is -3.11. The quantitative estimate of drug-likeness (QED) is 0.124. The molecule has 0 bridgehead atoms. The molecule has 18 heteroatoms. The number of aliphatic hydroxyl groups is 1. The number of hydrogen-bond acceptors (Lipinski definition) is 10. The Hall–Kier alpha value is -3.59. The summed E-state index contributed by atoms with van der Waals surface area (Å²) in [6, 6.07) is 9.83. The third kappa shape index (κ3) is 7.19. The van der Waals surface area contributed by atoms with Crippen LogP contribution in [0, 0.1) is 21.0 Å². The SMILES string of the molecule is Cc1ccc(I(c2ccn3c(C(F)(F)F)nnc3c2C)C(C)(C)C(=O)O)cc1CN1CC2(CCOCC2)Oc2nc(OCCCO)ccc2S1(=O)=O. The Morgan fingerprint density at radius 2 is 1.83 bits per heavy atom. The second-order valence-electron chi connectivity index (χ2n) is 13.2. The maximum absolute atomic E-state index is 14.4. The number of aliphatic carboxylic acids is 1. The maximum atomic E-state index is 14.4. The normalized spacial score (nSPS) is 17.7. The zero-order chi connectivity index (χ0) is 37.6. The number of aliphatic hydroxyl groups excluding tert-OH is 1. The Morgan fingerprint density at radius 1 is 1.10 bits per heavy atom. The summed E-state index contributed by atoms with van der Waals surface area (Å²) in [5.41, 5.74) is 0.812. The number of hydrogen-bond donors (Lipinski definition) is 2. The fraction of sp³-hybridized carbons (Fsp3) is 0.471. The first-order valence-electron chi connectivity index (χ1n) is 16.4. The number of alkyl halides is 4. The van der Waals surface area contributed by atoms with Crippen LogP contribution in [0.4, 0.5) is 13.2 Å². The van der Waals surface area contributed by atoms with Crippen LogP contribution in [0.1, 0.15) is 55.6 Å². The molecule has 1 saturated heterocycles. The van der Waals surface area contributed by atoms with Gasteiger partial charge in [0, 0.05) is 13.0 Å². The summed E-state index contributed by atoms with van der Waals surface area (Å²) < 4.78 is 89.6. The van der Waals surface area contributed by atoms with Crippen molar-refractivity contribution in [3.63, 3.8) is 0 Å². The van der Waals surface area contributed by atoms with E-state index in [1.807, 2.05) is 25.1 Å². The molecule has 2 N–H and O–H groups in total. The molecule has 0 atom stereocenters. The molecular weight excluding hydrogens is 822 g/mol. The van der Waals surface area contributed by atoms with E-state index < -0.39 is 56.8 Å². The number of aromatic nitrogens is 4. The van der Waals surface area contributed by atoms with Crippen LogP contribution < -0.4 is 9.47 Å². The van der Waals surface area contributed by atoms with Crippen LogP contribution in [0.25, 0.3) is 5.65 Å². The molecule has 1 aromatic carbocycles. The van der Waals surface area contributed by atoms with E-state index in [2.05, 4.69) is 15.2 Å². The van der Waals surface area contributed by atoms with E-state index in [-0.39, 0.29) is 48.6 Å². The molecule has 5 heterocycles. The second kappa shape index (κ2) is 14.3. The summed E-state index contributed by atoms with van der Waals surface area (Å²) in [6.07, 6.45) is -2.35. The van der Waals surface area contributed by atoms with E-state index in [1.165, 1.54) is 28.7 Å². The minimum atomic E-state index is -4.74. The molecule has 4 aromatic rings. The Bertz CT molecular complexity index is 2100. The molecule has 1 spiro atoms. The first kappa shape index (κ1) is 38.1. The Balaban J connectivity index is 1.43. The zero-order valence-electron chi connectivity index (χ0n) is 28.9. The molecular formula is C34H39F3IN5O8S. The number of carboxylic acid groups (broad SMARTS) is 1. The van der Waals surface area contributed by atoms with Crippen molar-refractivity contribution in [3.05, 3.63) is 72.3 Å². The van der Waals surface area contributed by atoms with Crippen molar-refractivity contribution in [2.75, 3.05) is 33.0 Å². The van der Waals surface area contributed by atoms with Gasteiger partial charge in [-0.05, 0) is 0 Å². The molecule has 282 valence electrons. The van der Waals surface area contributed by atoms with Gasteiger partial charge < -0.3 is 5.11 Å². The van der Waals surface area contributed by atoms with E-state index >= 15 is 0 Å². The van der Waals surface area contributed by atoms with Gasteiger partial charge in [0.25, 0.3) is 0 Å². The summed E-state index contributed by atoms with van der Waals surface area (Å²) in [7, 11) is -4.20. The fourth-order valence-electron chi connectivity index (χ4n) is 6.23. The van der Waals surface area contributed by atoms with Gasteiger partial charge >= 0.3 is 289 Å². The molecule has 0 saturated carbocycles. The number of nitrogens with zero attached hydrogens (tertiary/aromatic N) is 5. The monoisotopic (exact) mass is 861 g/mol. The van der Waals surface area contributed by atoms with E-state index in [4.69, 9.17) is 19.3 Å². The van der Waals surface area contributed by atoms with Crippen molar-refractivity contribution >= 4 is 41.5 Å². The van der Waals surface area contributed by atoms with E-state index in [0.717, 1.165) is 9.96 Å². The summed E-state index contributed by atoms with van der Waals surface area (Å²) in [5, 5.41) is 26.8. The molecule has 0 amide bonds. The average Bonchev–Trinajstić information content (AvgIpc) is 3.50. The van der Waals surface area contributed by atoms with Crippen molar-refractivity contribution in [2.24, 2.45) is 0 Å². The molecule has 2 aliphatic rings. The predicted molar refractivity (Wildman–Crippen MR) is 189 cm³/mol. The Labute approximate surface area is 305 Å². The van der Waals surface area contributed by atoms with Crippen molar-refractivity contribution in [3.8, 4) is 11.8 Å². The van der Waals surface area contributed by atoms with Gasteiger partial charge in [0.1, 0.15) is 0 Å². The van der Waals surface area contributed by atoms with Gasteiger partial charge in [-0.1, -0.05) is 0 Å². The third-order valence-electron chi connectivity index (χ3n) is 9.23. The Morgan fingerprint density at radius 3 is 2.50 bits per heavy atom. The summed E-state index contributed by atoms with van der Waals surface area (Å²) in [5.74, 6) is -2.18. The second-order valence-corrected chi connectivity index (χ2v) is 21.8. The van der Waals surface area contributed by atoms with Gasteiger partial charge in [-0.25, -0.2) is 0 Å². The van der Waals surface area contributed by atoms with Crippen LogP contribution in [-0.2, 0) is 32.3 Å². The van der Waals surface area contributed by atoms with Gasteiger partial charge in [-0.15, -0.1) is 0 Å². The zero-order valence-corrected chi connectivity index (χ0v) is 31.9. The third-order valence-corrected chi connectivity index (χ3v) is 18.4. The number of halogens is 4. The summed E-state index contributed by atoms with van der Waals surface area (Å²) in [4.78, 5) is 17.1. The molecule has 1 fully saturated rings. The number of pyridine rings is 2. The van der Waals surface area contributed by atoms with Crippen LogP contribution in [0.15, 0.2) is 47.5 Å². The van der Waals surface area contributed by atoms with Crippen molar-refractivity contribution in [1.82, 2.24) is 23.9 Å².